The topological polar surface area (TPSA) is 53.0 Å². The summed E-state index contributed by atoms with van der Waals surface area (Å²) in [5, 5.41) is 10.4. The van der Waals surface area contributed by atoms with Crippen molar-refractivity contribution in [1.82, 2.24) is 9.80 Å². The Morgan fingerprint density at radius 3 is 2.52 bits per heavy atom. The highest BCUT2D eigenvalue weighted by molar-refractivity contribution is 5.97. The largest absolute Gasteiger partial charge is 0.390 e. The number of benzene rings is 1. The van der Waals surface area contributed by atoms with Crippen LogP contribution in [0.1, 0.15) is 39.5 Å². The SMILES string of the molecule is CC(=O)c1c(C)cc(C)c(CN(C)C[C@@H](O)CN2CCOCC2)c1C. The molecule has 1 fully saturated rings. The Labute approximate surface area is 151 Å². The number of likely N-dealkylation sites (N-methyl/N-ethyl adjacent to an activating group) is 1. The van der Waals surface area contributed by atoms with Gasteiger partial charge >= 0.3 is 0 Å². The zero-order valence-corrected chi connectivity index (χ0v) is 16.3. The fourth-order valence-electron chi connectivity index (χ4n) is 3.85. The summed E-state index contributed by atoms with van der Waals surface area (Å²) in [5.74, 6) is 0.117. The number of ketones is 1. The summed E-state index contributed by atoms with van der Waals surface area (Å²) in [6.07, 6.45) is -0.388. The smallest absolute Gasteiger partial charge is 0.160 e. The fourth-order valence-corrected chi connectivity index (χ4v) is 3.85. The van der Waals surface area contributed by atoms with Crippen molar-refractivity contribution in [3.8, 4) is 0 Å². The molecule has 0 spiro atoms. The zero-order chi connectivity index (χ0) is 18.6. The van der Waals surface area contributed by atoms with Gasteiger partial charge in [-0.1, -0.05) is 6.07 Å². The molecule has 1 atom stereocenters. The number of aryl methyl sites for hydroxylation is 2. The van der Waals surface area contributed by atoms with Gasteiger partial charge in [0.1, 0.15) is 0 Å². The third-order valence-electron chi connectivity index (χ3n) is 5.01. The van der Waals surface area contributed by atoms with E-state index < -0.39 is 0 Å². The van der Waals surface area contributed by atoms with Crippen molar-refractivity contribution >= 4 is 5.78 Å². The van der Waals surface area contributed by atoms with E-state index in [1.54, 1.807) is 6.92 Å². The van der Waals surface area contributed by atoms with E-state index in [4.69, 9.17) is 4.74 Å². The van der Waals surface area contributed by atoms with Gasteiger partial charge < -0.3 is 9.84 Å². The van der Waals surface area contributed by atoms with Gasteiger partial charge in [0, 0.05) is 38.3 Å². The van der Waals surface area contributed by atoms with Crippen LogP contribution >= 0.6 is 0 Å². The zero-order valence-electron chi connectivity index (χ0n) is 16.3. The second kappa shape index (κ2) is 8.90. The summed E-state index contributed by atoms with van der Waals surface area (Å²) < 4.78 is 5.35. The molecule has 5 nitrogen and oxygen atoms in total. The quantitative estimate of drug-likeness (QED) is 0.763. The van der Waals surface area contributed by atoms with Gasteiger partial charge in [0.2, 0.25) is 0 Å². The Balaban J connectivity index is 2.01. The van der Waals surface area contributed by atoms with Gasteiger partial charge in [-0.05, 0) is 57.0 Å². The van der Waals surface area contributed by atoms with Crippen LogP contribution in [0.2, 0.25) is 0 Å². The van der Waals surface area contributed by atoms with Crippen molar-refractivity contribution in [1.29, 1.82) is 0 Å². The van der Waals surface area contributed by atoms with Gasteiger partial charge in [-0.2, -0.15) is 0 Å². The van der Waals surface area contributed by atoms with Crippen LogP contribution in [0.25, 0.3) is 0 Å². The number of hydrogen-bond donors (Lipinski definition) is 1. The maximum absolute atomic E-state index is 12.0. The summed E-state index contributed by atoms with van der Waals surface area (Å²) >= 11 is 0. The number of Topliss-reactive ketones (excluding diaryl/α,β-unsaturated/α-hetero) is 1. The molecule has 0 aromatic heterocycles. The number of hydrogen-bond acceptors (Lipinski definition) is 5. The highest BCUT2D eigenvalue weighted by Crippen LogP contribution is 2.24. The Bertz CT molecular complexity index is 609. The number of carbonyl (C=O) groups excluding carboxylic acids is 1. The first kappa shape index (κ1) is 20.0. The molecule has 1 aromatic rings. The van der Waals surface area contributed by atoms with Crippen LogP contribution in [0.4, 0.5) is 0 Å². The maximum atomic E-state index is 12.0. The maximum Gasteiger partial charge on any atom is 0.160 e. The number of morpholine rings is 1. The molecule has 1 saturated heterocycles. The minimum absolute atomic E-state index is 0.117. The van der Waals surface area contributed by atoms with Crippen LogP contribution in [0, 0.1) is 20.8 Å². The normalized spacial score (nSPS) is 17.1. The van der Waals surface area contributed by atoms with Gasteiger partial charge in [-0.3, -0.25) is 14.6 Å². The van der Waals surface area contributed by atoms with Crippen LogP contribution in [0.5, 0.6) is 0 Å². The average Bonchev–Trinajstić information content (AvgIpc) is 2.51. The lowest BCUT2D eigenvalue weighted by atomic mass is 9.91. The summed E-state index contributed by atoms with van der Waals surface area (Å²) in [5.41, 5.74) is 5.34. The molecule has 0 radical (unpaired) electrons. The first-order valence-electron chi connectivity index (χ1n) is 9.07. The molecule has 5 heteroatoms. The third kappa shape index (κ3) is 5.35. The van der Waals surface area contributed by atoms with E-state index in [2.05, 4.69) is 22.8 Å². The lowest BCUT2D eigenvalue weighted by molar-refractivity contribution is 0.00822. The summed E-state index contributed by atoms with van der Waals surface area (Å²) in [6, 6.07) is 2.09. The fraction of sp³-hybridized carbons (Fsp3) is 0.650. The Hall–Kier alpha value is -1.27. The highest BCUT2D eigenvalue weighted by atomic mass is 16.5. The Morgan fingerprint density at radius 2 is 1.92 bits per heavy atom. The predicted molar refractivity (Wildman–Crippen MR) is 100 cm³/mol. The van der Waals surface area contributed by atoms with E-state index in [1.165, 1.54) is 11.1 Å². The third-order valence-corrected chi connectivity index (χ3v) is 5.01. The number of carbonyl (C=O) groups is 1. The number of aliphatic hydroxyl groups is 1. The second-order valence-electron chi connectivity index (χ2n) is 7.31. The van der Waals surface area contributed by atoms with Crippen molar-refractivity contribution < 1.29 is 14.6 Å². The van der Waals surface area contributed by atoms with Gasteiger partial charge in [-0.25, -0.2) is 0 Å². The molecule has 0 unspecified atom stereocenters. The molecule has 25 heavy (non-hydrogen) atoms. The van der Waals surface area contributed by atoms with Crippen LogP contribution in [-0.4, -0.2) is 73.2 Å². The Morgan fingerprint density at radius 1 is 1.28 bits per heavy atom. The molecule has 1 aliphatic rings. The average molecular weight is 348 g/mol. The van der Waals surface area contributed by atoms with Gasteiger partial charge in [0.05, 0.1) is 19.3 Å². The van der Waals surface area contributed by atoms with E-state index in [0.717, 1.165) is 49.5 Å². The van der Waals surface area contributed by atoms with Crippen molar-refractivity contribution in [2.24, 2.45) is 0 Å². The first-order chi connectivity index (χ1) is 11.8. The van der Waals surface area contributed by atoms with Crippen LogP contribution in [0.3, 0.4) is 0 Å². The number of nitrogens with zero attached hydrogens (tertiary/aromatic N) is 2. The van der Waals surface area contributed by atoms with Crippen LogP contribution < -0.4 is 0 Å². The molecule has 2 rings (SSSR count). The van der Waals surface area contributed by atoms with Crippen molar-refractivity contribution in [3.63, 3.8) is 0 Å². The summed E-state index contributed by atoms with van der Waals surface area (Å²) in [6.45, 7) is 13.0. The molecule has 140 valence electrons. The standard InChI is InChI=1S/C20H32N2O3/c1-14-10-15(2)20(17(4)23)16(3)19(14)13-21(5)11-18(24)12-22-6-8-25-9-7-22/h10,18,24H,6-9,11-13H2,1-5H3/t18-/m1/s1. The summed E-state index contributed by atoms with van der Waals surface area (Å²) in [7, 11) is 2.02. The first-order valence-corrected chi connectivity index (χ1v) is 9.07. The van der Waals surface area contributed by atoms with Crippen molar-refractivity contribution in [2.45, 2.75) is 40.3 Å². The molecular formula is C20H32N2O3. The van der Waals surface area contributed by atoms with Gasteiger partial charge in [-0.15, -0.1) is 0 Å². The molecule has 0 aliphatic carbocycles. The highest BCUT2D eigenvalue weighted by Gasteiger charge is 2.19. The second-order valence-corrected chi connectivity index (χ2v) is 7.31. The molecule has 1 aliphatic heterocycles. The van der Waals surface area contributed by atoms with Crippen molar-refractivity contribution in [2.75, 3.05) is 46.4 Å². The summed E-state index contributed by atoms with van der Waals surface area (Å²) in [4.78, 5) is 16.4. The number of aliphatic hydroxyl groups excluding tert-OH is 1. The van der Waals surface area contributed by atoms with E-state index in [9.17, 15) is 9.90 Å². The van der Waals surface area contributed by atoms with E-state index in [1.807, 2.05) is 20.9 Å². The van der Waals surface area contributed by atoms with E-state index in [-0.39, 0.29) is 11.9 Å². The molecular weight excluding hydrogens is 316 g/mol. The van der Waals surface area contributed by atoms with Crippen molar-refractivity contribution in [3.05, 3.63) is 33.9 Å². The molecule has 0 saturated carbocycles. The number of β-amino-alcohol motifs (C(OH)–C–C–N with tert-alkyl or cyclic N) is 1. The predicted octanol–water partition coefficient (Wildman–Crippen LogP) is 1.94. The van der Waals surface area contributed by atoms with Gasteiger partial charge in [0.15, 0.2) is 5.78 Å². The van der Waals surface area contributed by atoms with E-state index >= 15 is 0 Å². The minimum atomic E-state index is -0.388. The van der Waals surface area contributed by atoms with Crippen LogP contribution in [-0.2, 0) is 11.3 Å². The van der Waals surface area contributed by atoms with Crippen LogP contribution in [0.15, 0.2) is 6.07 Å². The molecule has 1 aromatic carbocycles. The monoisotopic (exact) mass is 348 g/mol. The molecule has 0 bridgehead atoms. The lowest BCUT2D eigenvalue weighted by Gasteiger charge is -2.30. The number of rotatable bonds is 7. The minimum Gasteiger partial charge on any atom is -0.390 e. The van der Waals surface area contributed by atoms with E-state index in [0.29, 0.717) is 13.1 Å². The lowest BCUT2D eigenvalue weighted by Crippen LogP contribution is -2.44. The molecule has 0 amide bonds. The van der Waals surface area contributed by atoms with Gasteiger partial charge in [0.25, 0.3) is 0 Å². The molecule has 1 heterocycles. The number of ether oxygens (including phenoxy) is 1. The Kier molecular flexibility index (Phi) is 7.14. The molecule has 1 N–H and O–H groups in total.